The van der Waals surface area contributed by atoms with E-state index in [9.17, 15) is 79.2 Å². The minimum Gasteiger partial charge on any atom is -0.506 e. The number of rotatable bonds is 17. The number of carboxylic acids is 4. The molecule has 4 aliphatic carbocycles. The Hall–Kier alpha value is -12.5. The van der Waals surface area contributed by atoms with Crippen LogP contribution in [0.25, 0.3) is 88.6 Å². The molecule has 646 valence electrons. The largest absolute Gasteiger partial charge is 0.506 e. The third-order valence-corrected chi connectivity index (χ3v) is 24.7. The van der Waals surface area contributed by atoms with Crippen LogP contribution < -0.4 is 38.2 Å². The number of hydrogen-bond donors (Lipinski definition) is 15. The van der Waals surface area contributed by atoms with Gasteiger partial charge in [0.15, 0.2) is 22.3 Å². The lowest BCUT2D eigenvalue weighted by atomic mass is 9.97. The molecule has 12 aromatic rings. The number of fused-ring (bicyclic) bond motifs is 16. The molecule has 8 aromatic heterocycles. The topological polar surface area (TPSA) is 424 Å². The average molecular weight is 1680 g/mol. The highest BCUT2D eigenvalue weighted by atomic mass is 16.4. The second kappa shape index (κ2) is 35.5. The number of carboxylic acid groups (broad SMARTS) is 4. The average Bonchev–Trinajstić information content (AvgIpc) is 1.64. The fourth-order valence-electron chi connectivity index (χ4n) is 18.2. The van der Waals surface area contributed by atoms with Crippen LogP contribution in [0.5, 0.6) is 23.0 Å². The molecule has 123 heavy (non-hydrogen) atoms. The van der Waals surface area contributed by atoms with Crippen LogP contribution in [-0.4, -0.2) is 166 Å². The quantitative estimate of drug-likeness (QED) is 0.0297. The third kappa shape index (κ3) is 17.5. The minimum absolute atomic E-state index is 0.203. The summed E-state index contributed by atoms with van der Waals surface area (Å²) in [5, 5.41) is 93.9. The van der Waals surface area contributed by atoms with Gasteiger partial charge >= 0.3 is 23.9 Å². The number of carbonyl (C=O) groups is 4. The first-order valence-electron chi connectivity index (χ1n) is 42.1. The number of aromatic carboxylic acids is 4. The Morgan fingerprint density at radius 1 is 0.415 bits per heavy atom. The van der Waals surface area contributed by atoms with Crippen molar-refractivity contribution in [1.29, 1.82) is 0 Å². The zero-order valence-corrected chi connectivity index (χ0v) is 71.3. The number of aromatic amines is 4. The highest BCUT2D eigenvalue weighted by Crippen LogP contribution is 2.44. The number of nitrogens with zero attached hydrogens (tertiary/aromatic N) is 6. The molecule has 9 heterocycles. The number of pyridine rings is 4. The number of nitrogens with one attached hydrogen (secondary N) is 7. The molecule has 15 N–H and O–H groups in total. The SMILES string of the molecule is C=CCNCc1cc2cc3c(cc2n1C)CCCc1c-3[nH]c(=O)c(C(=O)O)c1O.CC(C)CNCc1cc2cc3c(cc2n1C)CCCc1c-3[nH]c(=O)c(C(=O)O)c1O.CN1CCCN(Cc2cc3cc4c(cc3n2C)CCCc2c-4[nH]c(=O)c(C(=O)O)c2O)CC1.Cn1c(CNCC(C)(C)C)cc2cc3c(cc21)CCCc1c-3[nH]c(=O)c(C(=O)O)c1O. The number of aromatic nitrogens is 8. The maximum Gasteiger partial charge on any atom is 0.345 e. The normalized spacial score (nSPS) is 14.4. The monoisotopic (exact) mass is 1680 g/mol. The van der Waals surface area contributed by atoms with Crippen LogP contribution in [-0.2, 0) is 106 Å². The molecule has 0 atom stereocenters. The third-order valence-electron chi connectivity index (χ3n) is 24.7. The Labute approximate surface area is 709 Å². The molecule has 1 aliphatic heterocycles. The molecule has 0 spiro atoms. The lowest BCUT2D eigenvalue weighted by molar-refractivity contribution is 0.0680. The standard InChI is InChI=1S/C25H30N4O4.C24H29N3O4.C23H27N3O4.C22H23N3O4/c1-27-7-4-8-29(10-9-27)14-17-11-16-12-19-15(13-20(16)28(17)2)5-3-6-18-22(19)26-24(31)21(23(18)30)25(32)33;1-24(2,3)12-25-11-15-8-14-9-17-13(10-18(14)27(15)4)6-5-7-16-20(17)26-22(29)19(21(16)28)23(30)31;1-12(2)10-24-11-15-7-14-8-17-13(9-18(14)26(15)3)5-4-6-16-20(17)25-22(28)19(21(16)27)23(29)30;1-3-7-23-11-14-8-13-9-16-12(10-17(13)25(14)2)5-4-6-15-19(16)24-21(27)18(20(15)26)22(28)29/h11-13H,3-10,14H2,1-2H3,(H,32,33)(H2,26,30,31);8-10,25H,5-7,11-12H2,1-4H3,(H,30,31)(H2,26,28,29);7-9,12,24H,4-6,10-11H2,1-3H3,(H,29,30)(H2,25,27,28);3,8-10,23H,1,4-7,11H2,2H3,(H,28,29)(H2,24,26,27). The first kappa shape index (κ1) is 86.8. The van der Waals surface area contributed by atoms with Gasteiger partial charge in [-0.1, -0.05) is 40.7 Å². The predicted molar refractivity (Wildman–Crippen MR) is 476 cm³/mol. The lowest BCUT2D eigenvalue weighted by Gasteiger charge is -2.20. The summed E-state index contributed by atoms with van der Waals surface area (Å²) in [6.45, 7) is 24.7. The summed E-state index contributed by atoms with van der Waals surface area (Å²) in [7, 11) is 10.4. The van der Waals surface area contributed by atoms with E-state index >= 15 is 0 Å². The number of benzene rings is 4. The van der Waals surface area contributed by atoms with Gasteiger partial charge in [0.1, 0.15) is 23.0 Å². The molecule has 0 amide bonds. The van der Waals surface area contributed by atoms with Crippen molar-refractivity contribution in [1.82, 2.24) is 64.0 Å². The van der Waals surface area contributed by atoms with Crippen LogP contribution in [0.3, 0.4) is 0 Å². The van der Waals surface area contributed by atoms with Gasteiger partial charge in [0, 0.05) is 191 Å². The Kier molecular flexibility index (Phi) is 25.1. The summed E-state index contributed by atoms with van der Waals surface area (Å²) in [4.78, 5) is 111. The molecule has 1 fully saturated rings. The van der Waals surface area contributed by atoms with Gasteiger partial charge in [-0.15, -0.1) is 6.58 Å². The van der Waals surface area contributed by atoms with E-state index in [1.54, 1.807) is 0 Å². The molecule has 0 radical (unpaired) electrons. The molecule has 0 unspecified atom stereocenters. The zero-order valence-electron chi connectivity index (χ0n) is 71.3. The molecular weight excluding hydrogens is 1570 g/mol. The number of aromatic hydroxyl groups is 4. The van der Waals surface area contributed by atoms with E-state index in [0.717, 1.165) is 216 Å². The fourth-order valence-corrected chi connectivity index (χ4v) is 18.2. The summed E-state index contributed by atoms with van der Waals surface area (Å²) in [5.41, 5.74) is 15.8. The Balaban J connectivity index is 0.000000134. The zero-order chi connectivity index (χ0) is 88.1. The van der Waals surface area contributed by atoms with Crippen molar-refractivity contribution in [3.8, 4) is 68.0 Å². The van der Waals surface area contributed by atoms with Gasteiger partial charge in [-0.3, -0.25) is 24.1 Å². The Bertz CT molecular complexity index is 6510. The second-order valence-electron chi connectivity index (χ2n) is 34.9. The number of hydrogen-bond acceptors (Lipinski definition) is 17. The van der Waals surface area contributed by atoms with Crippen LogP contribution >= 0.6 is 0 Å². The smallest absolute Gasteiger partial charge is 0.345 e. The van der Waals surface area contributed by atoms with Crippen LogP contribution in [0.2, 0.25) is 0 Å². The summed E-state index contributed by atoms with van der Waals surface area (Å²) < 4.78 is 8.77. The summed E-state index contributed by atoms with van der Waals surface area (Å²) in [5.74, 6) is -6.77. The van der Waals surface area contributed by atoms with E-state index in [1.807, 2.05) is 31.3 Å². The first-order chi connectivity index (χ1) is 58.6. The highest BCUT2D eigenvalue weighted by molar-refractivity contribution is 5.98. The van der Waals surface area contributed by atoms with Gasteiger partial charge in [-0.05, 0) is 217 Å². The second-order valence-corrected chi connectivity index (χ2v) is 34.9. The van der Waals surface area contributed by atoms with E-state index in [1.165, 1.54) is 17.8 Å². The van der Waals surface area contributed by atoms with E-state index in [0.29, 0.717) is 83.2 Å². The molecule has 0 bridgehead atoms. The van der Waals surface area contributed by atoms with Gasteiger partial charge < -0.3 is 99.9 Å². The molecule has 29 nitrogen and oxygen atoms in total. The highest BCUT2D eigenvalue weighted by Gasteiger charge is 2.33. The van der Waals surface area contributed by atoms with Crippen molar-refractivity contribution in [3.63, 3.8) is 0 Å². The molecule has 5 aliphatic rings. The van der Waals surface area contributed by atoms with E-state index in [4.69, 9.17) is 0 Å². The van der Waals surface area contributed by atoms with Crippen LogP contribution in [0.4, 0.5) is 0 Å². The minimum atomic E-state index is -1.42. The summed E-state index contributed by atoms with van der Waals surface area (Å²) in [6.07, 6.45) is 11.2. The predicted octanol–water partition coefficient (Wildman–Crippen LogP) is 12.0. The van der Waals surface area contributed by atoms with Gasteiger partial charge in [0.2, 0.25) is 0 Å². The van der Waals surface area contributed by atoms with Crippen molar-refractivity contribution in [3.05, 3.63) is 216 Å². The van der Waals surface area contributed by atoms with E-state index < -0.39 is 91.4 Å². The maximum atomic E-state index is 12.5. The van der Waals surface area contributed by atoms with Gasteiger partial charge in [-0.25, -0.2) is 19.2 Å². The van der Waals surface area contributed by atoms with Gasteiger partial charge in [-0.2, -0.15) is 0 Å². The number of aryl methyl sites for hydroxylation is 8. The molecule has 0 saturated carbocycles. The Morgan fingerprint density at radius 3 is 1.03 bits per heavy atom. The molecule has 1 saturated heterocycles. The van der Waals surface area contributed by atoms with Gasteiger partial charge in [0.25, 0.3) is 22.2 Å². The molecule has 29 heteroatoms. The van der Waals surface area contributed by atoms with Crippen molar-refractivity contribution in [2.75, 3.05) is 52.9 Å². The van der Waals surface area contributed by atoms with E-state index in [-0.39, 0.29) is 5.41 Å². The summed E-state index contributed by atoms with van der Waals surface area (Å²) in [6, 6.07) is 25.3. The van der Waals surface area contributed by atoms with Crippen molar-refractivity contribution in [2.24, 2.45) is 39.5 Å². The first-order valence-corrected chi connectivity index (χ1v) is 42.1. The Morgan fingerprint density at radius 2 is 0.724 bits per heavy atom. The van der Waals surface area contributed by atoms with Crippen molar-refractivity contribution in [2.45, 2.75) is 144 Å². The summed E-state index contributed by atoms with van der Waals surface area (Å²) >= 11 is 0. The van der Waals surface area contributed by atoms with Crippen molar-refractivity contribution < 1.29 is 60.0 Å². The maximum absolute atomic E-state index is 12.5. The fraction of sp³-hybridized carbons (Fsp3) is 0.383. The molecule has 17 rings (SSSR count). The van der Waals surface area contributed by atoms with Crippen LogP contribution in [0.15, 0.2) is 105 Å². The van der Waals surface area contributed by atoms with E-state index in [2.05, 4.69) is 188 Å². The van der Waals surface area contributed by atoms with Gasteiger partial charge in [0.05, 0.1) is 22.8 Å². The lowest BCUT2D eigenvalue weighted by Crippen LogP contribution is -2.29. The number of H-pyrrole nitrogens is 4. The number of likely N-dealkylation sites (N-methyl/N-ethyl adjacent to an activating group) is 1. The van der Waals surface area contributed by atoms with Crippen molar-refractivity contribution >= 4 is 67.5 Å². The van der Waals surface area contributed by atoms with Crippen LogP contribution in [0, 0.1) is 11.3 Å². The molecular formula is C94H109N13O16. The van der Waals surface area contributed by atoms with Crippen LogP contribution in [0.1, 0.15) is 175 Å². The molecule has 4 aromatic carbocycles.